The van der Waals surface area contributed by atoms with E-state index in [2.05, 4.69) is 24.0 Å². The summed E-state index contributed by atoms with van der Waals surface area (Å²) in [6.07, 6.45) is 3.57. The lowest BCUT2D eigenvalue weighted by atomic mass is 9.76. The monoisotopic (exact) mass is 405 g/mol. The number of benzene rings is 2. The first-order chi connectivity index (χ1) is 14.3. The molecule has 1 heterocycles. The van der Waals surface area contributed by atoms with Crippen LogP contribution in [0.25, 0.3) is 0 Å². The predicted octanol–water partition coefficient (Wildman–Crippen LogP) is 3.66. The van der Waals surface area contributed by atoms with E-state index in [4.69, 9.17) is 0 Å². The molecule has 1 fully saturated rings. The van der Waals surface area contributed by atoms with Crippen LogP contribution in [0.5, 0.6) is 0 Å². The number of piperidine rings is 1. The minimum atomic E-state index is -1.08. The normalized spacial score (nSPS) is 19.1. The van der Waals surface area contributed by atoms with Gasteiger partial charge in [-0.3, -0.25) is 4.79 Å². The molecule has 30 heavy (non-hydrogen) atoms. The average Bonchev–Trinajstić information content (AvgIpc) is 2.76. The zero-order chi connectivity index (χ0) is 21.6. The number of hydrogen-bond acceptors (Lipinski definition) is 3. The smallest absolute Gasteiger partial charge is 0.253 e. The van der Waals surface area contributed by atoms with Gasteiger partial charge in [-0.05, 0) is 63.3 Å². The van der Waals surface area contributed by atoms with Gasteiger partial charge in [0.05, 0.1) is 6.61 Å². The van der Waals surface area contributed by atoms with E-state index >= 15 is 0 Å². The van der Waals surface area contributed by atoms with Gasteiger partial charge in [-0.15, -0.1) is 0 Å². The van der Waals surface area contributed by atoms with Crippen LogP contribution in [0.3, 0.4) is 0 Å². The first kappa shape index (κ1) is 22.1. The molecule has 4 nitrogen and oxygen atoms in total. The molecule has 1 aliphatic rings. The van der Waals surface area contributed by atoms with Crippen molar-refractivity contribution < 1.29 is 15.0 Å². The molecule has 0 saturated carbocycles. The molecule has 2 N–H and O–H groups in total. The van der Waals surface area contributed by atoms with Crippen LogP contribution in [0.1, 0.15) is 54.6 Å². The quantitative estimate of drug-likeness (QED) is 0.747. The van der Waals surface area contributed by atoms with Crippen LogP contribution in [0.15, 0.2) is 54.6 Å². The van der Waals surface area contributed by atoms with Crippen LogP contribution < -0.4 is 0 Å². The number of aliphatic hydroxyl groups is 2. The number of amides is 1. The van der Waals surface area contributed by atoms with E-state index in [0.29, 0.717) is 24.2 Å². The Bertz CT molecular complexity index is 921. The van der Waals surface area contributed by atoms with Gasteiger partial charge in [0.1, 0.15) is 5.60 Å². The molecule has 4 heteroatoms. The molecule has 2 aromatic carbocycles. The zero-order valence-corrected chi connectivity index (χ0v) is 17.9. The highest BCUT2D eigenvalue weighted by Gasteiger charge is 2.36. The third-order valence-corrected chi connectivity index (χ3v) is 5.69. The molecule has 0 radical (unpaired) electrons. The minimum absolute atomic E-state index is 0.0286. The number of aliphatic hydroxyl groups excluding tert-OH is 1. The number of carbonyl (C=O) groups is 1. The Labute approximate surface area is 179 Å². The van der Waals surface area contributed by atoms with Gasteiger partial charge >= 0.3 is 0 Å². The Morgan fingerprint density at radius 3 is 2.63 bits per heavy atom. The molecule has 1 aliphatic heterocycles. The van der Waals surface area contributed by atoms with E-state index < -0.39 is 5.60 Å². The van der Waals surface area contributed by atoms with Gasteiger partial charge in [0.2, 0.25) is 0 Å². The Morgan fingerprint density at radius 2 is 1.93 bits per heavy atom. The topological polar surface area (TPSA) is 60.8 Å². The fourth-order valence-corrected chi connectivity index (χ4v) is 3.99. The number of hydrogen-bond donors (Lipinski definition) is 2. The van der Waals surface area contributed by atoms with Gasteiger partial charge < -0.3 is 15.1 Å². The lowest BCUT2D eigenvalue weighted by Crippen LogP contribution is -2.48. The van der Waals surface area contributed by atoms with Crippen molar-refractivity contribution in [3.63, 3.8) is 0 Å². The summed E-state index contributed by atoms with van der Waals surface area (Å²) >= 11 is 0. The van der Waals surface area contributed by atoms with Crippen molar-refractivity contribution >= 4 is 5.91 Å². The summed E-state index contributed by atoms with van der Waals surface area (Å²) in [7, 11) is 0. The molecule has 1 amide bonds. The molecular weight excluding hydrogens is 374 g/mol. The van der Waals surface area contributed by atoms with E-state index in [-0.39, 0.29) is 17.9 Å². The predicted molar refractivity (Wildman–Crippen MR) is 119 cm³/mol. The van der Waals surface area contributed by atoms with E-state index in [9.17, 15) is 15.0 Å². The number of rotatable bonds is 5. The highest BCUT2D eigenvalue weighted by atomic mass is 16.3. The second-order valence-corrected chi connectivity index (χ2v) is 8.86. The number of nitrogens with zero attached hydrogens (tertiary/aromatic N) is 1. The zero-order valence-electron chi connectivity index (χ0n) is 17.9. The van der Waals surface area contributed by atoms with Crippen molar-refractivity contribution in [2.75, 3.05) is 19.7 Å². The van der Waals surface area contributed by atoms with Crippen molar-refractivity contribution in [1.29, 1.82) is 0 Å². The van der Waals surface area contributed by atoms with Crippen LogP contribution in [0.2, 0.25) is 0 Å². The van der Waals surface area contributed by atoms with E-state index in [1.54, 1.807) is 26.0 Å². The molecule has 0 unspecified atom stereocenters. The van der Waals surface area contributed by atoms with E-state index in [1.807, 2.05) is 35.2 Å². The molecule has 0 aromatic heterocycles. The van der Waals surface area contributed by atoms with Gasteiger partial charge in [-0.25, -0.2) is 0 Å². The maximum absolute atomic E-state index is 13.2. The molecule has 0 aliphatic carbocycles. The van der Waals surface area contributed by atoms with Crippen LogP contribution >= 0.6 is 0 Å². The molecular formula is C26H31NO3. The first-order valence-electron chi connectivity index (χ1n) is 10.6. The SMILES string of the molecule is CC(C)(O)C#Cc1cccc(C(=O)N2CCC[C@@](CO)(CCc3ccccc3)C2)c1. The van der Waals surface area contributed by atoms with Gasteiger partial charge in [-0.1, -0.05) is 48.2 Å². The van der Waals surface area contributed by atoms with Crippen LogP contribution in [-0.2, 0) is 6.42 Å². The van der Waals surface area contributed by atoms with Crippen LogP contribution in [-0.4, -0.2) is 46.3 Å². The van der Waals surface area contributed by atoms with Crippen molar-refractivity contribution in [1.82, 2.24) is 4.90 Å². The Balaban J connectivity index is 1.72. The fourth-order valence-electron chi connectivity index (χ4n) is 3.99. The summed E-state index contributed by atoms with van der Waals surface area (Å²) in [5.74, 6) is 5.70. The van der Waals surface area contributed by atoms with Gasteiger partial charge in [0.25, 0.3) is 5.91 Å². The molecule has 2 aromatic rings. The summed E-state index contributed by atoms with van der Waals surface area (Å²) in [4.78, 5) is 15.0. The Hall–Kier alpha value is -2.61. The molecule has 158 valence electrons. The van der Waals surface area contributed by atoms with Gasteiger partial charge in [0.15, 0.2) is 0 Å². The lowest BCUT2D eigenvalue weighted by Gasteiger charge is -2.42. The van der Waals surface area contributed by atoms with Crippen LogP contribution in [0, 0.1) is 17.3 Å². The summed E-state index contributed by atoms with van der Waals surface area (Å²) in [5.41, 5.74) is 1.22. The number of likely N-dealkylation sites (tertiary alicyclic amines) is 1. The minimum Gasteiger partial charge on any atom is -0.396 e. The number of aryl methyl sites for hydroxylation is 1. The standard InChI is InChI=1S/C26H31NO3/c1-25(2,30)15-12-22-10-6-11-23(18-22)24(29)27-17-7-14-26(19-27,20-28)16-13-21-8-4-3-5-9-21/h3-6,8-11,18,28,30H,7,13-14,16-17,19-20H2,1-2H3/t26-/m1/s1. The summed E-state index contributed by atoms with van der Waals surface area (Å²) in [6, 6.07) is 17.5. The van der Waals surface area contributed by atoms with Gasteiger partial charge in [0, 0.05) is 29.6 Å². The van der Waals surface area contributed by atoms with Crippen molar-refractivity contribution in [2.24, 2.45) is 5.41 Å². The molecule has 3 rings (SSSR count). The third kappa shape index (κ3) is 5.95. The summed E-state index contributed by atoms with van der Waals surface area (Å²) in [6.45, 7) is 4.61. The van der Waals surface area contributed by atoms with E-state index in [0.717, 1.165) is 25.7 Å². The largest absolute Gasteiger partial charge is 0.396 e. The average molecular weight is 406 g/mol. The summed E-state index contributed by atoms with van der Waals surface area (Å²) < 4.78 is 0. The van der Waals surface area contributed by atoms with Gasteiger partial charge in [-0.2, -0.15) is 0 Å². The maximum atomic E-state index is 13.2. The van der Waals surface area contributed by atoms with Crippen molar-refractivity contribution in [3.8, 4) is 11.8 Å². The van der Waals surface area contributed by atoms with Crippen molar-refractivity contribution in [2.45, 2.75) is 45.1 Å². The first-order valence-corrected chi connectivity index (χ1v) is 10.6. The summed E-state index contributed by atoms with van der Waals surface area (Å²) in [5, 5.41) is 20.0. The number of carbonyl (C=O) groups excluding carboxylic acids is 1. The van der Waals surface area contributed by atoms with Crippen molar-refractivity contribution in [3.05, 3.63) is 71.3 Å². The highest BCUT2D eigenvalue weighted by molar-refractivity contribution is 5.94. The van der Waals surface area contributed by atoms with Crippen LogP contribution in [0.4, 0.5) is 0 Å². The maximum Gasteiger partial charge on any atom is 0.253 e. The third-order valence-electron chi connectivity index (χ3n) is 5.69. The highest BCUT2D eigenvalue weighted by Crippen LogP contribution is 2.35. The molecule has 1 atom stereocenters. The second kappa shape index (κ2) is 9.47. The molecule has 0 spiro atoms. The van der Waals surface area contributed by atoms with E-state index in [1.165, 1.54) is 5.56 Å². The lowest BCUT2D eigenvalue weighted by molar-refractivity contribution is 0.0228. The fraction of sp³-hybridized carbons (Fsp3) is 0.423. The Morgan fingerprint density at radius 1 is 1.17 bits per heavy atom. The second-order valence-electron chi connectivity index (χ2n) is 8.86. The molecule has 1 saturated heterocycles. The molecule has 0 bridgehead atoms. The Kier molecular flexibility index (Phi) is 6.97.